The first-order chi connectivity index (χ1) is 9.81. The maximum atomic E-state index is 8.67. The van der Waals surface area contributed by atoms with Gasteiger partial charge in [0.05, 0.1) is 6.10 Å². The Balaban J connectivity index is 1.82. The van der Waals surface area contributed by atoms with E-state index in [1.54, 1.807) is 0 Å². The summed E-state index contributed by atoms with van der Waals surface area (Å²) in [5, 5.41) is 8.67. The van der Waals surface area contributed by atoms with Crippen LogP contribution in [0.4, 0.5) is 0 Å². The van der Waals surface area contributed by atoms with Gasteiger partial charge in [-0.15, -0.1) is 0 Å². The van der Waals surface area contributed by atoms with Gasteiger partial charge in [0, 0.05) is 31.8 Å². The van der Waals surface area contributed by atoms with Crippen molar-refractivity contribution in [3.05, 3.63) is 35.4 Å². The summed E-state index contributed by atoms with van der Waals surface area (Å²) in [4.78, 5) is 2.48. The predicted molar refractivity (Wildman–Crippen MR) is 80.3 cm³/mol. The Kier molecular flexibility index (Phi) is 6.07. The van der Waals surface area contributed by atoms with Gasteiger partial charge in [-0.2, -0.15) is 0 Å². The van der Waals surface area contributed by atoms with Crippen molar-refractivity contribution in [2.45, 2.75) is 32.4 Å². The summed E-state index contributed by atoms with van der Waals surface area (Å²) >= 11 is 0. The van der Waals surface area contributed by atoms with Crippen LogP contribution in [0, 0.1) is 11.8 Å². The van der Waals surface area contributed by atoms with Gasteiger partial charge in [0.25, 0.3) is 0 Å². The van der Waals surface area contributed by atoms with Gasteiger partial charge < -0.3 is 9.84 Å². The van der Waals surface area contributed by atoms with E-state index in [0.29, 0.717) is 6.10 Å². The van der Waals surface area contributed by atoms with Gasteiger partial charge in [0.2, 0.25) is 0 Å². The molecule has 0 bridgehead atoms. The SMILES string of the molecule is CCOC1CCN(Cc2ccc(C#CCO)cc2)CC1. The van der Waals surface area contributed by atoms with Crippen molar-refractivity contribution in [1.82, 2.24) is 4.90 Å². The van der Waals surface area contributed by atoms with Crippen molar-refractivity contribution in [3.63, 3.8) is 0 Å². The Morgan fingerprint density at radius 3 is 2.55 bits per heavy atom. The van der Waals surface area contributed by atoms with E-state index in [2.05, 4.69) is 35.8 Å². The standard InChI is InChI=1S/C17H23NO2/c1-2-20-17-9-11-18(12-10-17)14-16-7-5-15(6-8-16)4-3-13-19/h5-8,17,19H,2,9-14H2,1H3. The van der Waals surface area contributed by atoms with Crippen LogP contribution in [0.15, 0.2) is 24.3 Å². The summed E-state index contributed by atoms with van der Waals surface area (Å²) in [7, 11) is 0. The number of ether oxygens (including phenoxy) is 1. The van der Waals surface area contributed by atoms with E-state index in [9.17, 15) is 0 Å². The highest BCUT2D eigenvalue weighted by Crippen LogP contribution is 2.16. The van der Waals surface area contributed by atoms with Gasteiger partial charge >= 0.3 is 0 Å². The second kappa shape index (κ2) is 8.06. The van der Waals surface area contributed by atoms with Crippen molar-refractivity contribution in [2.24, 2.45) is 0 Å². The van der Waals surface area contributed by atoms with Crippen LogP contribution in [0.3, 0.4) is 0 Å². The fourth-order valence-corrected chi connectivity index (χ4v) is 2.56. The first-order valence-electron chi connectivity index (χ1n) is 7.34. The van der Waals surface area contributed by atoms with Gasteiger partial charge in [-0.25, -0.2) is 0 Å². The molecule has 0 spiro atoms. The number of likely N-dealkylation sites (tertiary alicyclic amines) is 1. The first-order valence-corrected chi connectivity index (χ1v) is 7.34. The molecule has 108 valence electrons. The lowest BCUT2D eigenvalue weighted by Crippen LogP contribution is -2.36. The minimum Gasteiger partial charge on any atom is -0.384 e. The summed E-state index contributed by atoms with van der Waals surface area (Å²) in [6.45, 7) is 6.01. The van der Waals surface area contributed by atoms with Gasteiger partial charge in [0.15, 0.2) is 0 Å². The Morgan fingerprint density at radius 2 is 1.95 bits per heavy atom. The molecule has 20 heavy (non-hydrogen) atoms. The number of aliphatic hydroxyl groups is 1. The monoisotopic (exact) mass is 273 g/mol. The number of benzene rings is 1. The van der Waals surface area contributed by atoms with Crippen LogP contribution in [0.1, 0.15) is 30.9 Å². The molecule has 1 N–H and O–H groups in total. The molecule has 1 saturated heterocycles. The molecular weight excluding hydrogens is 250 g/mol. The van der Waals surface area contributed by atoms with Crippen molar-refractivity contribution in [2.75, 3.05) is 26.3 Å². The van der Waals surface area contributed by atoms with Crippen molar-refractivity contribution in [3.8, 4) is 11.8 Å². The molecule has 2 rings (SSSR count). The fraction of sp³-hybridized carbons (Fsp3) is 0.529. The van der Waals surface area contributed by atoms with Gasteiger partial charge in [-0.1, -0.05) is 24.0 Å². The summed E-state index contributed by atoms with van der Waals surface area (Å²) in [6, 6.07) is 8.28. The third-order valence-corrected chi connectivity index (χ3v) is 3.61. The lowest BCUT2D eigenvalue weighted by molar-refractivity contribution is 0.0125. The van der Waals surface area contributed by atoms with E-state index in [1.165, 1.54) is 5.56 Å². The van der Waals surface area contributed by atoms with Crippen LogP contribution in [0.5, 0.6) is 0 Å². The summed E-state index contributed by atoms with van der Waals surface area (Å²) in [6.07, 6.45) is 2.72. The average molecular weight is 273 g/mol. The molecule has 3 nitrogen and oxygen atoms in total. The Morgan fingerprint density at radius 1 is 1.25 bits per heavy atom. The van der Waals surface area contributed by atoms with Gasteiger partial charge in [-0.3, -0.25) is 4.90 Å². The molecule has 3 heteroatoms. The maximum absolute atomic E-state index is 8.67. The smallest absolute Gasteiger partial charge is 0.104 e. The van der Waals surface area contributed by atoms with Gasteiger partial charge in [0.1, 0.15) is 6.61 Å². The molecule has 1 aromatic rings. The average Bonchev–Trinajstić information content (AvgIpc) is 2.49. The molecule has 1 aliphatic rings. The summed E-state index contributed by atoms with van der Waals surface area (Å²) < 4.78 is 5.67. The zero-order valence-electron chi connectivity index (χ0n) is 12.1. The molecular formula is C17H23NO2. The Labute approximate surface area is 121 Å². The zero-order valence-corrected chi connectivity index (χ0v) is 12.1. The van der Waals surface area contributed by atoms with Gasteiger partial charge in [-0.05, 0) is 37.5 Å². The molecule has 1 aromatic carbocycles. The summed E-state index contributed by atoms with van der Waals surface area (Å²) in [5.41, 5.74) is 2.27. The number of aliphatic hydroxyl groups excluding tert-OH is 1. The number of piperidine rings is 1. The molecule has 1 fully saturated rings. The molecule has 1 aliphatic heterocycles. The maximum Gasteiger partial charge on any atom is 0.104 e. The third kappa shape index (κ3) is 4.64. The highest BCUT2D eigenvalue weighted by atomic mass is 16.5. The van der Waals surface area contributed by atoms with Crippen LogP contribution in [0.25, 0.3) is 0 Å². The minimum atomic E-state index is -0.0868. The number of hydrogen-bond acceptors (Lipinski definition) is 3. The molecule has 0 atom stereocenters. The van der Waals surface area contributed by atoms with E-state index >= 15 is 0 Å². The highest BCUT2D eigenvalue weighted by Gasteiger charge is 2.18. The van der Waals surface area contributed by atoms with Crippen LogP contribution in [-0.4, -0.2) is 42.4 Å². The van der Waals surface area contributed by atoms with E-state index in [4.69, 9.17) is 9.84 Å². The van der Waals surface area contributed by atoms with Crippen LogP contribution in [-0.2, 0) is 11.3 Å². The van der Waals surface area contributed by atoms with Crippen molar-refractivity contribution >= 4 is 0 Å². The van der Waals surface area contributed by atoms with Crippen LogP contribution in [0.2, 0.25) is 0 Å². The molecule has 0 unspecified atom stereocenters. The van der Waals surface area contributed by atoms with Crippen molar-refractivity contribution < 1.29 is 9.84 Å². The fourth-order valence-electron chi connectivity index (χ4n) is 2.56. The quantitative estimate of drug-likeness (QED) is 0.852. The molecule has 0 aromatic heterocycles. The minimum absolute atomic E-state index is 0.0868. The molecule has 0 saturated carbocycles. The number of rotatable bonds is 4. The van der Waals surface area contributed by atoms with Crippen LogP contribution >= 0.6 is 0 Å². The summed E-state index contributed by atoms with van der Waals surface area (Å²) in [5.74, 6) is 5.58. The van der Waals surface area contributed by atoms with Crippen LogP contribution < -0.4 is 0 Å². The Bertz CT molecular complexity index is 450. The van der Waals surface area contributed by atoms with E-state index in [1.807, 2.05) is 12.1 Å². The Hall–Kier alpha value is -1.34. The number of nitrogens with zero attached hydrogens (tertiary/aromatic N) is 1. The zero-order chi connectivity index (χ0) is 14.2. The lowest BCUT2D eigenvalue weighted by Gasteiger charge is -2.31. The van der Waals surface area contributed by atoms with E-state index in [0.717, 1.165) is 44.6 Å². The predicted octanol–water partition coefficient (Wildman–Crippen LogP) is 2.03. The molecule has 1 heterocycles. The van der Waals surface area contributed by atoms with Crippen molar-refractivity contribution in [1.29, 1.82) is 0 Å². The van der Waals surface area contributed by atoms with E-state index in [-0.39, 0.29) is 6.61 Å². The first kappa shape index (κ1) is 15.1. The third-order valence-electron chi connectivity index (χ3n) is 3.61. The van der Waals surface area contributed by atoms with E-state index < -0.39 is 0 Å². The molecule has 0 aliphatic carbocycles. The highest BCUT2D eigenvalue weighted by molar-refractivity contribution is 5.36. The molecule has 0 amide bonds. The number of hydrogen-bond donors (Lipinski definition) is 1. The topological polar surface area (TPSA) is 32.7 Å². The second-order valence-corrected chi connectivity index (χ2v) is 5.09. The molecule has 0 radical (unpaired) electrons. The second-order valence-electron chi connectivity index (χ2n) is 5.09. The normalized spacial score (nSPS) is 16.7. The largest absolute Gasteiger partial charge is 0.384 e. The lowest BCUT2D eigenvalue weighted by atomic mass is 10.1.